The van der Waals surface area contributed by atoms with Crippen LogP contribution in [0.3, 0.4) is 0 Å². The van der Waals surface area contributed by atoms with Gasteiger partial charge in [-0.05, 0) is 81.1 Å². The second kappa shape index (κ2) is 10.8. The molecule has 0 spiro atoms. The molecule has 0 saturated heterocycles. The molecule has 1 N–H and O–H groups in total. The molecule has 0 unspecified atom stereocenters. The zero-order valence-corrected chi connectivity index (χ0v) is 20.1. The number of nitrogens with one attached hydrogen (secondary N) is 1. The molecule has 1 heterocycles. The van der Waals surface area contributed by atoms with Crippen molar-refractivity contribution in [2.24, 2.45) is 0 Å². The van der Waals surface area contributed by atoms with E-state index < -0.39 is 11.9 Å². The van der Waals surface area contributed by atoms with Gasteiger partial charge in [-0.2, -0.15) is 5.10 Å². The summed E-state index contributed by atoms with van der Waals surface area (Å²) in [5.74, 6) is -1.26. The molecule has 0 aliphatic heterocycles. The minimum absolute atomic E-state index is 0.267. The number of aryl methyl sites for hydroxylation is 3. The fourth-order valence-corrected chi connectivity index (χ4v) is 3.63. The highest BCUT2D eigenvalue weighted by molar-refractivity contribution is 5.96. The number of methoxy groups -OCH3 is 1. The van der Waals surface area contributed by atoms with Crippen molar-refractivity contribution in [3.8, 4) is 5.69 Å². The molecule has 2 aromatic carbocycles. The topological polar surface area (TPSA) is 99.5 Å². The van der Waals surface area contributed by atoms with Crippen LogP contribution in [-0.4, -0.2) is 41.3 Å². The van der Waals surface area contributed by atoms with E-state index in [0.29, 0.717) is 17.7 Å². The molecule has 0 radical (unpaired) electrons. The maximum atomic E-state index is 12.4. The van der Waals surface area contributed by atoms with Crippen LogP contribution in [0.5, 0.6) is 0 Å². The summed E-state index contributed by atoms with van der Waals surface area (Å²) < 4.78 is 11.7. The highest BCUT2D eigenvalue weighted by atomic mass is 16.5. The fraction of sp³-hybridized carbons (Fsp3) is 0.308. The zero-order chi connectivity index (χ0) is 24.8. The zero-order valence-electron chi connectivity index (χ0n) is 20.1. The molecule has 0 saturated carbocycles. The lowest BCUT2D eigenvalue weighted by atomic mass is 10.1. The molecule has 0 bridgehead atoms. The summed E-state index contributed by atoms with van der Waals surface area (Å²) >= 11 is 0. The lowest BCUT2D eigenvalue weighted by molar-refractivity contribution is -0.140. The number of hydrogen-bond donors (Lipinski definition) is 1. The number of benzene rings is 2. The van der Waals surface area contributed by atoms with Gasteiger partial charge in [0.2, 0.25) is 0 Å². The first-order chi connectivity index (χ1) is 16.2. The molecular formula is C26H29N3O5. The average molecular weight is 464 g/mol. The number of esters is 2. The number of nitrogens with zero attached hydrogens (tertiary/aromatic N) is 2. The van der Waals surface area contributed by atoms with Crippen LogP contribution in [0.4, 0.5) is 5.69 Å². The van der Waals surface area contributed by atoms with Crippen LogP contribution in [0.15, 0.2) is 42.5 Å². The Morgan fingerprint density at radius 2 is 1.71 bits per heavy atom. The van der Waals surface area contributed by atoms with Gasteiger partial charge in [0, 0.05) is 17.8 Å². The highest BCUT2D eigenvalue weighted by Gasteiger charge is 2.16. The predicted molar refractivity (Wildman–Crippen MR) is 128 cm³/mol. The Hall–Kier alpha value is -3.94. The van der Waals surface area contributed by atoms with Gasteiger partial charge in [0.25, 0.3) is 5.91 Å². The molecule has 0 atom stereocenters. The van der Waals surface area contributed by atoms with Crippen LogP contribution in [0.1, 0.15) is 44.9 Å². The first-order valence-corrected chi connectivity index (χ1v) is 11.0. The van der Waals surface area contributed by atoms with Gasteiger partial charge in [-0.25, -0.2) is 9.48 Å². The average Bonchev–Trinajstić information content (AvgIpc) is 3.11. The molecule has 8 heteroatoms. The van der Waals surface area contributed by atoms with Crippen LogP contribution in [0.2, 0.25) is 0 Å². The SMILES string of the molecule is COC(=O)CCc1c(C)nn(-c2ccc(C(=O)OCC(=O)Nc3cc(C)ccc3C)cc2)c1C. The second-order valence-electron chi connectivity index (χ2n) is 8.13. The van der Waals surface area contributed by atoms with E-state index >= 15 is 0 Å². The van der Waals surface area contributed by atoms with E-state index in [1.807, 2.05) is 45.9 Å². The summed E-state index contributed by atoms with van der Waals surface area (Å²) in [4.78, 5) is 36.1. The quantitative estimate of drug-likeness (QED) is 0.507. The molecule has 178 valence electrons. The molecule has 1 aromatic heterocycles. The van der Waals surface area contributed by atoms with Crippen molar-refractivity contribution >= 4 is 23.5 Å². The molecule has 3 aromatic rings. The van der Waals surface area contributed by atoms with E-state index in [-0.39, 0.29) is 19.0 Å². The number of ether oxygens (including phenoxy) is 2. The number of hydrogen-bond acceptors (Lipinski definition) is 6. The standard InChI is InChI=1S/C26H29N3O5/c1-16-6-7-17(2)23(14-16)27-24(30)15-34-26(32)20-8-10-21(11-9-20)29-19(4)22(18(3)28-29)12-13-25(31)33-5/h6-11,14H,12-13,15H2,1-5H3,(H,27,30). The summed E-state index contributed by atoms with van der Waals surface area (Å²) in [5.41, 5.74) is 6.49. The summed E-state index contributed by atoms with van der Waals surface area (Å²) in [6, 6.07) is 12.5. The summed E-state index contributed by atoms with van der Waals surface area (Å²) in [6.07, 6.45) is 0.824. The molecule has 0 fully saturated rings. The number of anilines is 1. The fourth-order valence-electron chi connectivity index (χ4n) is 3.63. The van der Waals surface area contributed by atoms with Gasteiger partial charge in [-0.15, -0.1) is 0 Å². The number of carbonyl (C=O) groups excluding carboxylic acids is 3. The van der Waals surface area contributed by atoms with Crippen molar-refractivity contribution in [2.45, 2.75) is 40.5 Å². The van der Waals surface area contributed by atoms with Crippen molar-refractivity contribution < 1.29 is 23.9 Å². The monoisotopic (exact) mass is 463 g/mol. The lowest BCUT2D eigenvalue weighted by Crippen LogP contribution is -2.21. The van der Waals surface area contributed by atoms with Crippen LogP contribution in [0.25, 0.3) is 5.69 Å². The Bertz CT molecular complexity index is 1210. The first-order valence-electron chi connectivity index (χ1n) is 11.0. The molecule has 34 heavy (non-hydrogen) atoms. The molecule has 3 rings (SSSR count). The number of aromatic nitrogens is 2. The minimum Gasteiger partial charge on any atom is -0.469 e. The van der Waals surface area contributed by atoms with Gasteiger partial charge in [-0.3, -0.25) is 9.59 Å². The van der Waals surface area contributed by atoms with Crippen molar-refractivity contribution in [3.63, 3.8) is 0 Å². The van der Waals surface area contributed by atoms with Gasteiger partial charge >= 0.3 is 11.9 Å². The maximum Gasteiger partial charge on any atom is 0.338 e. The number of amides is 1. The van der Waals surface area contributed by atoms with Crippen molar-refractivity contribution in [3.05, 3.63) is 76.1 Å². The van der Waals surface area contributed by atoms with Gasteiger partial charge in [-0.1, -0.05) is 12.1 Å². The van der Waals surface area contributed by atoms with Gasteiger partial charge < -0.3 is 14.8 Å². The van der Waals surface area contributed by atoms with E-state index in [1.165, 1.54) is 7.11 Å². The largest absolute Gasteiger partial charge is 0.469 e. The Kier molecular flexibility index (Phi) is 7.83. The molecule has 8 nitrogen and oxygen atoms in total. The van der Waals surface area contributed by atoms with Crippen molar-refractivity contribution in [2.75, 3.05) is 19.0 Å². The number of rotatable bonds is 8. The van der Waals surface area contributed by atoms with Crippen molar-refractivity contribution in [1.29, 1.82) is 0 Å². The van der Waals surface area contributed by atoms with Gasteiger partial charge in [0.15, 0.2) is 6.61 Å². The van der Waals surface area contributed by atoms with Crippen LogP contribution < -0.4 is 5.32 Å². The molecule has 0 aliphatic rings. The lowest BCUT2D eigenvalue weighted by Gasteiger charge is -2.10. The Labute approximate surface area is 198 Å². The van der Waals surface area contributed by atoms with E-state index in [1.54, 1.807) is 28.9 Å². The van der Waals surface area contributed by atoms with Gasteiger partial charge in [0.05, 0.1) is 24.1 Å². The van der Waals surface area contributed by atoms with E-state index in [2.05, 4.69) is 10.4 Å². The van der Waals surface area contributed by atoms with Gasteiger partial charge in [0.1, 0.15) is 0 Å². The van der Waals surface area contributed by atoms with E-state index in [4.69, 9.17) is 9.47 Å². The first kappa shape index (κ1) is 24.7. The normalized spacial score (nSPS) is 10.6. The summed E-state index contributed by atoms with van der Waals surface area (Å²) in [6.45, 7) is 7.28. The summed E-state index contributed by atoms with van der Waals surface area (Å²) in [5, 5.41) is 7.33. The van der Waals surface area contributed by atoms with Crippen LogP contribution >= 0.6 is 0 Å². The molecular weight excluding hydrogens is 434 g/mol. The molecule has 0 aliphatic carbocycles. The van der Waals surface area contributed by atoms with E-state index in [9.17, 15) is 14.4 Å². The highest BCUT2D eigenvalue weighted by Crippen LogP contribution is 2.20. The summed E-state index contributed by atoms with van der Waals surface area (Å²) in [7, 11) is 1.37. The Balaban J connectivity index is 1.62. The van der Waals surface area contributed by atoms with Crippen LogP contribution in [-0.2, 0) is 25.5 Å². The third-order valence-electron chi connectivity index (χ3n) is 5.60. The maximum absolute atomic E-state index is 12.4. The minimum atomic E-state index is -0.588. The van der Waals surface area contributed by atoms with E-state index in [0.717, 1.165) is 33.8 Å². The Morgan fingerprint density at radius 3 is 2.38 bits per heavy atom. The Morgan fingerprint density at radius 1 is 1.00 bits per heavy atom. The molecule has 1 amide bonds. The third-order valence-corrected chi connectivity index (χ3v) is 5.60. The third kappa shape index (κ3) is 5.89. The number of carbonyl (C=O) groups is 3. The van der Waals surface area contributed by atoms with Crippen molar-refractivity contribution in [1.82, 2.24) is 9.78 Å². The predicted octanol–water partition coefficient (Wildman–Crippen LogP) is 4.01. The second-order valence-corrected chi connectivity index (χ2v) is 8.13. The van der Waals surface area contributed by atoms with Crippen LogP contribution in [0, 0.1) is 27.7 Å². The smallest absolute Gasteiger partial charge is 0.338 e.